The van der Waals surface area contributed by atoms with Gasteiger partial charge in [0.2, 0.25) is 0 Å². The number of hydrogen-bond acceptors (Lipinski definition) is 5. The topological polar surface area (TPSA) is 93.7 Å². The summed E-state index contributed by atoms with van der Waals surface area (Å²) in [4.78, 5) is 12.4. The minimum atomic E-state index is -3.91. The molecule has 9 heteroatoms. The van der Waals surface area contributed by atoms with Crippen molar-refractivity contribution in [3.8, 4) is 11.5 Å². The number of ether oxygens (including phenoxy) is 2. The third kappa shape index (κ3) is 5.76. The molecule has 0 spiro atoms. The third-order valence-corrected chi connectivity index (χ3v) is 5.87. The molecule has 0 saturated carbocycles. The lowest BCUT2D eigenvalue weighted by molar-refractivity contribution is 0.0950. The van der Waals surface area contributed by atoms with Crippen LogP contribution in [-0.4, -0.2) is 28.0 Å². The van der Waals surface area contributed by atoms with Gasteiger partial charge >= 0.3 is 0 Å². The molecule has 3 rings (SSSR count). The van der Waals surface area contributed by atoms with E-state index in [1.165, 1.54) is 43.5 Å². The van der Waals surface area contributed by atoms with Crippen molar-refractivity contribution < 1.29 is 27.1 Å². The summed E-state index contributed by atoms with van der Waals surface area (Å²) >= 11 is 0. The fourth-order valence-corrected chi connectivity index (χ4v) is 4.01. The fraction of sp³-hybridized carbons (Fsp3) is 0.174. The van der Waals surface area contributed by atoms with Crippen molar-refractivity contribution in [1.82, 2.24) is 5.32 Å². The molecule has 0 aliphatic carbocycles. The molecule has 0 atom stereocenters. The average Bonchev–Trinajstić information content (AvgIpc) is 2.79. The molecule has 0 bridgehead atoms. The van der Waals surface area contributed by atoms with Crippen LogP contribution in [0.2, 0.25) is 0 Å². The van der Waals surface area contributed by atoms with Crippen molar-refractivity contribution in [1.29, 1.82) is 0 Å². The second-order valence-corrected chi connectivity index (χ2v) is 8.42. The molecule has 1 amide bonds. The van der Waals surface area contributed by atoms with Gasteiger partial charge in [-0.3, -0.25) is 9.52 Å². The number of nitrogens with one attached hydrogen (secondary N) is 2. The second kappa shape index (κ2) is 10.1. The number of hydrogen-bond donors (Lipinski definition) is 2. The number of halogens is 1. The Labute approximate surface area is 186 Å². The maximum absolute atomic E-state index is 13.8. The molecule has 0 unspecified atom stereocenters. The lowest BCUT2D eigenvalue weighted by Crippen LogP contribution is -2.23. The van der Waals surface area contributed by atoms with Crippen LogP contribution in [0.25, 0.3) is 0 Å². The van der Waals surface area contributed by atoms with Crippen molar-refractivity contribution in [2.45, 2.75) is 18.4 Å². The second-order valence-electron chi connectivity index (χ2n) is 6.74. The highest BCUT2D eigenvalue weighted by Crippen LogP contribution is 2.21. The van der Waals surface area contributed by atoms with E-state index in [0.29, 0.717) is 23.6 Å². The van der Waals surface area contributed by atoms with E-state index in [4.69, 9.17) is 9.47 Å². The summed E-state index contributed by atoms with van der Waals surface area (Å²) in [7, 11) is -2.54. The highest BCUT2D eigenvalue weighted by Gasteiger charge is 2.17. The molecule has 3 aromatic rings. The van der Waals surface area contributed by atoms with Crippen LogP contribution in [-0.2, 0) is 16.6 Å². The number of methoxy groups -OCH3 is 1. The van der Waals surface area contributed by atoms with Crippen LogP contribution in [0.5, 0.6) is 11.5 Å². The van der Waals surface area contributed by atoms with E-state index >= 15 is 0 Å². The number of rotatable bonds is 9. The van der Waals surface area contributed by atoms with Crippen molar-refractivity contribution in [2.24, 2.45) is 0 Å². The Morgan fingerprint density at radius 3 is 2.44 bits per heavy atom. The van der Waals surface area contributed by atoms with Crippen LogP contribution >= 0.6 is 0 Å². The molecule has 0 saturated heterocycles. The van der Waals surface area contributed by atoms with Crippen LogP contribution < -0.4 is 19.5 Å². The van der Waals surface area contributed by atoms with Gasteiger partial charge in [-0.25, -0.2) is 12.8 Å². The van der Waals surface area contributed by atoms with E-state index in [0.717, 1.165) is 0 Å². The third-order valence-electron chi connectivity index (χ3n) is 4.49. The first kappa shape index (κ1) is 23.1. The summed E-state index contributed by atoms with van der Waals surface area (Å²) in [5.41, 5.74) is 1.07. The Morgan fingerprint density at radius 1 is 1.03 bits per heavy atom. The monoisotopic (exact) mass is 458 g/mol. The highest BCUT2D eigenvalue weighted by molar-refractivity contribution is 7.92. The minimum absolute atomic E-state index is 0.0606. The molecular formula is C23H23FN2O5S. The van der Waals surface area contributed by atoms with E-state index in [-0.39, 0.29) is 22.8 Å². The van der Waals surface area contributed by atoms with E-state index in [1.54, 1.807) is 30.3 Å². The van der Waals surface area contributed by atoms with Gasteiger partial charge in [-0.05, 0) is 67.1 Å². The zero-order valence-corrected chi connectivity index (χ0v) is 18.4. The van der Waals surface area contributed by atoms with Gasteiger partial charge in [0.05, 0.1) is 18.6 Å². The van der Waals surface area contributed by atoms with E-state index in [9.17, 15) is 17.6 Å². The summed E-state index contributed by atoms with van der Waals surface area (Å²) in [6.45, 7) is 2.43. The van der Waals surface area contributed by atoms with Gasteiger partial charge in [0, 0.05) is 17.8 Å². The van der Waals surface area contributed by atoms with Crippen LogP contribution in [0.15, 0.2) is 71.6 Å². The molecule has 0 aliphatic heterocycles. The zero-order chi connectivity index (χ0) is 23.1. The molecule has 0 aromatic heterocycles. The summed E-state index contributed by atoms with van der Waals surface area (Å²) in [6, 6.07) is 16.5. The first-order chi connectivity index (χ1) is 15.3. The first-order valence-electron chi connectivity index (χ1n) is 9.78. The predicted octanol–water partition coefficient (Wildman–Crippen LogP) is 3.96. The average molecular weight is 459 g/mol. The van der Waals surface area contributed by atoms with Gasteiger partial charge in [0.15, 0.2) is 11.6 Å². The smallest absolute Gasteiger partial charge is 0.261 e. The standard InChI is InChI=1S/C23H23FN2O5S/c1-3-31-19-10-8-18(9-11-19)26-32(28,29)20-6-4-5-17(14-20)23(27)25-15-16-7-12-22(30-2)21(24)13-16/h4-14,26H,3,15H2,1-2H3,(H,25,27). The Balaban J connectivity index is 1.69. The quantitative estimate of drug-likeness (QED) is 0.506. The number of carbonyl (C=O) groups is 1. The van der Waals surface area contributed by atoms with E-state index < -0.39 is 21.7 Å². The lowest BCUT2D eigenvalue weighted by Gasteiger charge is -2.11. The number of anilines is 1. The van der Waals surface area contributed by atoms with Crippen molar-refractivity contribution in [2.75, 3.05) is 18.4 Å². The molecule has 0 radical (unpaired) electrons. The van der Waals surface area contributed by atoms with Crippen LogP contribution in [0.1, 0.15) is 22.8 Å². The Kier molecular flexibility index (Phi) is 7.32. The van der Waals surface area contributed by atoms with Crippen LogP contribution in [0.3, 0.4) is 0 Å². The lowest BCUT2D eigenvalue weighted by atomic mass is 10.2. The summed E-state index contributed by atoms with van der Waals surface area (Å²) in [6.07, 6.45) is 0. The number of carbonyl (C=O) groups excluding carboxylic acids is 1. The summed E-state index contributed by atoms with van der Waals surface area (Å²) in [5.74, 6) is -0.282. The SMILES string of the molecule is CCOc1ccc(NS(=O)(=O)c2cccc(C(=O)NCc3ccc(OC)c(F)c3)c2)cc1. The van der Waals surface area contributed by atoms with Gasteiger partial charge in [-0.1, -0.05) is 12.1 Å². The van der Waals surface area contributed by atoms with Gasteiger partial charge in [0.1, 0.15) is 5.75 Å². The number of benzene rings is 3. The van der Waals surface area contributed by atoms with Crippen molar-refractivity contribution in [3.63, 3.8) is 0 Å². The van der Waals surface area contributed by atoms with Gasteiger partial charge in [-0.15, -0.1) is 0 Å². The van der Waals surface area contributed by atoms with E-state index in [1.807, 2.05) is 6.92 Å². The number of amides is 1. The summed E-state index contributed by atoms with van der Waals surface area (Å²) < 4.78 is 52.0. The predicted molar refractivity (Wildman–Crippen MR) is 119 cm³/mol. The summed E-state index contributed by atoms with van der Waals surface area (Å²) in [5, 5.41) is 2.65. The number of sulfonamides is 1. The van der Waals surface area contributed by atoms with E-state index in [2.05, 4.69) is 10.0 Å². The van der Waals surface area contributed by atoms with Gasteiger partial charge in [0.25, 0.3) is 15.9 Å². The molecule has 2 N–H and O–H groups in total. The molecule has 0 fully saturated rings. The first-order valence-corrected chi connectivity index (χ1v) is 11.3. The van der Waals surface area contributed by atoms with Crippen LogP contribution in [0.4, 0.5) is 10.1 Å². The maximum Gasteiger partial charge on any atom is 0.261 e. The minimum Gasteiger partial charge on any atom is -0.494 e. The molecule has 32 heavy (non-hydrogen) atoms. The molecular weight excluding hydrogens is 435 g/mol. The highest BCUT2D eigenvalue weighted by atomic mass is 32.2. The Bertz CT molecular complexity index is 1200. The van der Waals surface area contributed by atoms with Gasteiger partial charge in [-0.2, -0.15) is 0 Å². The Hall–Kier alpha value is -3.59. The van der Waals surface area contributed by atoms with Crippen molar-refractivity contribution >= 4 is 21.6 Å². The molecule has 168 valence electrons. The Morgan fingerprint density at radius 2 is 1.78 bits per heavy atom. The fourth-order valence-electron chi connectivity index (χ4n) is 2.91. The normalized spacial score (nSPS) is 11.0. The van der Waals surface area contributed by atoms with Crippen LogP contribution in [0, 0.1) is 5.82 Å². The molecule has 3 aromatic carbocycles. The molecule has 7 nitrogen and oxygen atoms in total. The largest absolute Gasteiger partial charge is 0.494 e. The zero-order valence-electron chi connectivity index (χ0n) is 17.6. The van der Waals surface area contributed by atoms with Gasteiger partial charge < -0.3 is 14.8 Å². The van der Waals surface area contributed by atoms with Crippen molar-refractivity contribution in [3.05, 3.63) is 83.7 Å². The molecule has 0 aliphatic rings. The maximum atomic E-state index is 13.8. The molecule has 0 heterocycles.